The molecule has 0 aromatic rings. The van der Waals surface area contributed by atoms with Crippen molar-refractivity contribution in [1.82, 2.24) is 0 Å². The second kappa shape index (κ2) is 37.8. The van der Waals surface area contributed by atoms with Gasteiger partial charge in [-0.3, -0.25) is 0 Å². The standard InChI is InChI=1S/Ba.La.Nd.H2O.2O.H/h;;;1H2;;;/q+1;;;;;;/p-1. The Bertz CT molecular complexity index is 12.8. The fraction of sp³-hybridized carbons (Fsp3) is 0. The first kappa shape index (κ1) is 22.6. The summed E-state index contributed by atoms with van der Waals surface area (Å²) in [6, 6.07) is 0. The van der Waals surface area contributed by atoms with Crippen LogP contribution >= 0.6 is 0 Å². The van der Waals surface area contributed by atoms with Gasteiger partial charge in [-0.25, -0.2) is 0 Å². The molecule has 0 aromatic carbocycles. The molecule has 0 aromatic heterocycles. The fourth-order valence-corrected chi connectivity index (χ4v) is 0. The third-order valence-corrected chi connectivity index (χ3v) is 0. The van der Waals surface area contributed by atoms with Crippen LogP contribution < -0.4 is 0 Å². The second-order valence-electron chi connectivity index (χ2n) is 0. The second-order valence-corrected chi connectivity index (χ2v) is 0. The number of rotatable bonds is 0. The predicted octanol–water partition coefficient (Wildman–Crippen LogP) is -1.06. The number of hydrogen-bond donors (Lipinski definition) is 0. The molecule has 0 rings (SSSR count). The van der Waals surface area contributed by atoms with Crippen LogP contribution in [0.3, 0.4) is 0 Å². The van der Waals surface area contributed by atoms with Crippen molar-refractivity contribution in [2.75, 3.05) is 0 Å². The van der Waals surface area contributed by atoms with Gasteiger partial charge in [0.25, 0.3) is 0 Å². The molecule has 0 spiro atoms. The van der Waals surface area contributed by atoms with E-state index in [4.69, 9.17) is 2.75 Å². The molecular formula is H2BaLaNdO3. The Morgan fingerprint density at radius 3 is 1.17 bits per heavy atom. The van der Waals surface area contributed by atoms with Crippen LogP contribution in [0.2, 0.25) is 0 Å². The van der Waals surface area contributed by atoms with Crippen molar-refractivity contribution in [2.45, 2.75) is 0 Å². The van der Waals surface area contributed by atoms with Crippen LogP contribution in [-0.2, 0) is 2.75 Å². The fourth-order valence-electron chi connectivity index (χ4n) is 0. The van der Waals surface area contributed by atoms with Crippen LogP contribution in [0.4, 0.5) is 0 Å². The van der Waals surface area contributed by atoms with Crippen LogP contribution in [0.1, 0.15) is 0 Å². The van der Waals surface area contributed by atoms with Crippen molar-refractivity contribution in [3.8, 4) is 0 Å². The Kier molecular flexibility index (Phi) is 143. The molecule has 0 aliphatic carbocycles. The van der Waals surface area contributed by atoms with Crippen LogP contribution in [-0.4, -0.2) is 54.4 Å². The molecule has 1 N–H and O–H groups in total. The monoisotopic (exact) mass is 469 g/mol. The normalized spacial score (nSPS) is 1.50. The summed E-state index contributed by atoms with van der Waals surface area (Å²) in [5, 5.41) is 0. The van der Waals surface area contributed by atoms with Gasteiger partial charge in [0.05, 0.1) is 0 Å². The first-order valence-corrected chi connectivity index (χ1v) is 3.23. The first-order valence-electron chi connectivity index (χ1n) is 0.440. The molecule has 6 heavy (non-hydrogen) atoms. The SMILES string of the molecule is [BaH+].[OH-].[O]=[La].[O]=[Nd]. The predicted molar refractivity (Wildman–Crippen MR) is 10.5 cm³/mol. The first-order chi connectivity index (χ1) is 2.00. The van der Waals surface area contributed by atoms with Gasteiger partial charge in [-0.1, -0.05) is 0 Å². The van der Waals surface area contributed by atoms with Crippen LogP contribution in [0, 0.1) is 72.7 Å². The molecule has 0 saturated carbocycles. The third kappa shape index (κ3) is 25.3. The van der Waals surface area contributed by atoms with E-state index in [0.717, 1.165) is 0 Å². The van der Waals surface area contributed by atoms with E-state index < -0.39 is 0 Å². The van der Waals surface area contributed by atoms with Gasteiger partial charge in [0.1, 0.15) is 0 Å². The minimum atomic E-state index is -0.0833. The summed E-state index contributed by atoms with van der Waals surface area (Å²) >= 11 is -0.0278. The Balaban J connectivity index is -0.00000000500. The van der Waals surface area contributed by atoms with Crippen LogP contribution in [0.5, 0.6) is 0 Å². The Hall–Kier alpha value is 3.68. The molecule has 0 unspecified atom stereocenters. The van der Waals surface area contributed by atoms with Crippen molar-refractivity contribution < 1.29 is 80.9 Å². The Morgan fingerprint density at radius 1 is 1.17 bits per heavy atom. The van der Waals surface area contributed by atoms with Gasteiger partial charge in [-0.05, 0) is 0 Å². The summed E-state index contributed by atoms with van der Waals surface area (Å²) in [5.41, 5.74) is 0. The van der Waals surface area contributed by atoms with E-state index in [9.17, 15) is 0 Å². The molecule has 0 aliphatic heterocycles. The van der Waals surface area contributed by atoms with E-state index in [0.29, 0.717) is 0 Å². The van der Waals surface area contributed by atoms with E-state index in [1.165, 1.54) is 0 Å². The third-order valence-electron chi connectivity index (χ3n) is 0. The summed E-state index contributed by atoms with van der Waals surface area (Å²) in [7, 11) is 0. The Labute approximate surface area is 126 Å². The zero-order chi connectivity index (χ0) is 4.00. The molecule has 0 radical (unpaired) electrons. The summed E-state index contributed by atoms with van der Waals surface area (Å²) in [5.74, 6) is 0. The van der Waals surface area contributed by atoms with Gasteiger partial charge in [0.2, 0.25) is 0 Å². The molecule has 0 fully saturated rings. The van der Waals surface area contributed by atoms with Gasteiger partial charge in [-0.15, -0.1) is 0 Å². The van der Waals surface area contributed by atoms with E-state index in [2.05, 4.69) is 0 Å². The zero-order valence-corrected chi connectivity index (χ0v) is 16.5. The molecule has 0 atom stereocenters. The van der Waals surface area contributed by atoms with Gasteiger partial charge < -0.3 is 5.48 Å². The number of hydrogen-bond acceptors (Lipinski definition) is 3. The molecule has 0 amide bonds. The Morgan fingerprint density at radius 2 is 1.17 bits per heavy atom. The molecular weight excluding hydrogens is 468 g/mol. The minimum absolute atomic E-state index is 0. The van der Waals surface area contributed by atoms with E-state index in [-0.39, 0.29) is 127 Å². The molecule has 0 bridgehead atoms. The van der Waals surface area contributed by atoms with Crippen LogP contribution in [0.15, 0.2) is 0 Å². The van der Waals surface area contributed by atoms with E-state index in [1.807, 2.05) is 0 Å². The van der Waals surface area contributed by atoms with Gasteiger partial charge in [0.15, 0.2) is 0 Å². The zero-order valence-electron chi connectivity index (χ0n) is 3.34. The molecule has 29 valence electrons. The summed E-state index contributed by atoms with van der Waals surface area (Å²) < 4.78 is 16.8. The van der Waals surface area contributed by atoms with E-state index >= 15 is 0 Å². The maximum absolute atomic E-state index is 8.42. The summed E-state index contributed by atoms with van der Waals surface area (Å²) in [4.78, 5) is 0. The molecule has 0 heterocycles. The van der Waals surface area contributed by atoms with Crippen molar-refractivity contribution in [2.24, 2.45) is 0 Å². The molecule has 6 heteroatoms. The quantitative estimate of drug-likeness (QED) is 0.424. The van der Waals surface area contributed by atoms with Gasteiger partial charge in [-0.2, -0.15) is 0 Å². The van der Waals surface area contributed by atoms with Gasteiger partial charge in [0, 0.05) is 0 Å². The summed E-state index contributed by atoms with van der Waals surface area (Å²) in [6.07, 6.45) is 0. The average Bonchev–Trinajstić information content (AvgIpc) is 1.50. The van der Waals surface area contributed by atoms with Crippen molar-refractivity contribution in [3.05, 3.63) is 0 Å². The molecule has 0 aliphatic rings. The van der Waals surface area contributed by atoms with E-state index in [1.54, 1.807) is 0 Å². The molecule has 3 nitrogen and oxygen atoms in total. The molecule has 0 saturated heterocycles. The van der Waals surface area contributed by atoms with Crippen molar-refractivity contribution in [1.29, 1.82) is 0 Å². The average molecular weight is 470 g/mol. The van der Waals surface area contributed by atoms with Crippen molar-refractivity contribution >= 4 is 48.9 Å². The topological polar surface area (TPSA) is 64.1 Å². The van der Waals surface area contributed by atoms with Gasteiger partial charge >= 0.3 is 124 Å². The van der Waals surface area contributed by atoms with Crippen LogP contribution in [0.25, 0.3) is 0 Å². The maximum atomic E-state index is 8.42. The summed E-state index contributed by atoms with van der Waals surface area (Å²) in [6.45, 7) is 0. The van der Waals surface area contributed by atoms with Crippen molar-refractivity contribution in [3.63, 3.8) is 0 Å².